The molecule has 0 aliphatic heterocycles. The van der Waals surface area contributed by atoms with Crippen molar-refractivity contribution in [1.29, 1.82) is 0 Å². The van der Waals surface area contributed by atoms with Gasteiger partial charge in [0.2, 0.25) is 10.0 Å². The van der Waals surface area contributed by atoms with Gasteiger partial charge in [-0.15, -0.1) is 0 Å². The Balaban J connectivity index is 4.46. The SMILES string of the molecule is CCCCN(CCCC)S(=O)(=O)C(C)C. The Labute approximate surface area is 94.9 Å². The second kappa shape index (κ2) is 7.23. The summed E-state index contributed by atoms with van der Waals surface area (Å²) in [5.41, 5.74) is 0. The summed E-state index contributed by atoms with van der Waals surface area (Å²) >= 11 is 0. The van der Waals surface area contributed by atoms with E-state index in [9.17, 15) is 8.42 Å². The predicted molar refractivity (Wildman–Crippen MR) is 65.4 cm³/mol. The highest BCUT2D eigenvalue weighted by molar-refractivity contribution is 7.89. The molecular formula is C11H25NO2S. The summed E-state index contributed by atoms with van der Waals surface area (Å²) in [6.45, 7) is 9.02. The van der Waals surface area contributed by atoms with E-state index in [1.807, 2.05) is 0 Å². The fourth-order valence-corrected chi connectivity index (χ4v) is 2.70. The second-order valence-corrected chi connectivity index (χ2v) is 6.69. The predicted octanol–water partition coefficient (Wildman–Crippen LogP) is 2.63. The molecule has 4 heteroatoms. The molecule has 0 N–H and O–H groups in total. The molecule has 0 spiro atoms. The third-order valence-corrected chi connectivity index (χ3v) is 4.75. The van der Waals surface area contributed by atoms with E-state index in [0.717, 1.165) is 25.7 Å². The highest BCUT2D eigenvalue weighted by Gasteiger charge is 2.24. The van der Waals surface area contributed by atoms with Crippen molar-refractivity contribution >= 4 is 10.0 Å². The van der Waals surface area contributed by atoms with Crippen LogP contribution in [0.2, 0.25) is 0 Å². The summed E-state index contributed by atoms with van der Waals surface area (Å²) in [6, 6.07) is 0. The Morgan fingerprint density at radius 1 is 1.00 bits per heavy atom. The number of unbranched alkanes of at least 4 members (excludes halogenated alkanes) is 2. The third-order valence-electron chi connectivity index (χ3n) is 2.48. The highest BCUT2D eigenvalue weighted by atomic mass is 32.2. The van der Waals surface area contributed by atoms with Gasteiger partial charge in [0.25, 0.3) is 0 Å². The Bertz CT molecular complexity index is 239. The van der Waals surface area contributed by atoms with Crippen molar-refractivity contribution in [1.82, 2.24) is 4.31 Å². The number of hydrogen-bond donors (Lipinski definition) is 0. The van der Waals surface area contributed by atoms with Gasteiger partial charge < -0.3 is 0 Å². The molecule has 0 rings (SSSR count). The molecule has 0 heterocycles. The monoisotopic (exact) mass is 235 g/mol. The normalized spacial score (nSPS) is 12.7. The van der Waals surface area contributed by atoms with Gasteiger partial charge in [-0.25, -0.2) is 12.7 Å². The van der Waals surface area contributed by atoms with Gasteiger partial charge in [0.1, 0.15) is 0 Å². The molecule has 0 unspecified atom stereocenters. The topological polar surface area (TPSA) is 37.4 Å². The fraction of sp³-hybridized carbons (Fsp3) is 1.00. The largest absolute Gasteiger partial charge is 0.216 e. The lowest BCUT2D eigenvalue weighted by Crippen LogP contribution is -2.37. The molecule has 15 heavy (non-hydrogen) atoms. The van der Waals surface area contributed by atoms with E-state index < -0.39 is 10.0 Å². The van der Waals surface area contributed by atoms with E-state index in [4.69, 9.17) is 0 Å². The molecule has 0 fully saturated rings. The lowest BCUT2D eigenvalue weighted by Gasteiger charge is -2.23. The zero-order valence-corrected chi connectivity index (χ0v) is 11.3. The maximum absolute atomic E-state index is 12.0. The van der Waals surface area contributed by atoms with Gasteiger partial charge in [0.05, 0.1) is 5.25 Å². The molecule has 0 aromatic carbocycles. The quantitative estimate of drug-likeness (QED) is 0.648. The first-order chi connectivity index (χ1) is 6.96. The van der Waals surface area contributed by atoms with Crippen LogP contribution in [0.5, 0.6) is 0 Å². The van der Waals surface area contributed by atoms with Crippen LogP contribution in [0.25, 0.3) is 0 Å². The first-order valence-corrected chi connectivity index (χ1v) is 7.46. The second-order valence-electron chi connectivity index (χ2n) is 4.20. The molecule has 0 bridgehead atoms. The Hall–Kier alpha value is -0.0900. The minimum Gasteiger partial charge on any atom is -0.212 e. The lowest BCUT2D eigenvalue weighted by molar-refractivity contribution is 0.391. The molecule has 3 nitrogen and oxygen atoms in total. The summed E-state index contributed by atoms with van der Waals surface area (Å²) in [5, 5.41) is -0.300. The minimum atomic E-state index is -3.05. The number of rotatable bonds is 8. The van der Waals surface area contributed by atoms with Gasteiger partial charge >= 0.3 is 0 Å². The van der Waals surface area contributed by atoms with Gasteiger partial charge in [-0.2, -0.15) is 0 Å². The van der Waals surface area contributed by atoms with E-state index in [1.165, 1.54) is 0 Å². The molecule has 0 aliphatic carbocycles. The van der Waals surface area contributed by atoms with Gasteiger partial charge in [-0.05, 0) is 26.7 Å². The van der Waals surface area contributed by atoms with Crippen molar-refractivity contribution in [2.75, 3.05) is 13.1 Å². The molecule has 0 aromatic heterocycles. The number of nitrogens with zero attached hydrogens (tertiary/aromatic N) is 1. The summed E-state index contributed by atoms with van der Waals surface area (Å²) in [5.74, 6) is 0. The Kier molecular flexibility index (Phi) is 7.18. The molecule has 92 valence electrons. The maximum atomic E-state index is 12.0. The van der Waals surface area contributed by atoms with Gasteiger partial charge in [-0.1, -0.05) is 26.7 Å². The Morgan fingerprint density at radius 2 is 1.40 bits per heavy atom. The van der Waals surface area contributed by atoms with Crippen LogP contribution in [0, 0.1) is 0 Å². The van der Waals surface area contributed by atoms with Crippen LogP contribution < -0.4 is 0 Å². The number of hydrogen-bond acceptors (Lipinski definition) is 2. The van der Waals surface area contributed by atoms with Crippen LogP contribution >= 0.6 is 0 Å². The van der Waals surface area contributed by atoms with E-state index in [1.54, 1.807) is 18.2 Å². The van der Waals surface area contributed by atoms with Crippen molar-refractivity contribution in [2.24, 2.45) is 0 Å². The van der Waals surface area contributed by atoms with Crippen molar-refractivity contribution < 1.29 is 8.42 Å². The van der Waals surface area contributed by atoms with E-state index in [2.05, 4.69) is 13.8 Å². The first-order valence-electron chi connectivity index (χ1n) is 5.95. The number of sulfonamides is 1. The van der Waals surface area contributed by atoms with E-state index in [0.29, 0.717) is 13.1 Å². The summed E-state index contributed by atoms with van der Waals surface area (Å²) < 4.78 is 25.6. The van der Waals surface area contributed by atoms with Crippen LogP contribution in [0.15, 0.2) is 0 Å². The lowest BCUT2D eigenvalue weighted by atomic mass is 10.3. The molecular weight excluding hydrogens is 210 g/mol. The fourth-order valence-electron chi connectivity index (χ4n) is 1.33. The van der Waals surface area contributed by atoms with Gasteiger partial charge in [0.15, 0.2) is 0 Å². The first kappa shape index (κ1) is 14.9. The molecule has 0 saturated heterocycles. The molecule has 0 amide bonds. The molecule has 0 atom stereocenters. The summed E-state index contributed by atoms with van der Waals surface area (Å²) in [4.78, 5) is 0. The maximum Gasteiger partial charge on any atom is 0.216 e. The average molecular weight is 235 g/mol. The zero-order chi connectivity index (χ0) is 11.9. The Morgan fingerprint density at radius 3 is 1.67 bits per heavy atom. The van der Waals surface area contributed by atoms with Crippen LogP contribution in [-0.2, 0) is 10.0 Å². The van der Waals surface area contributed by atoms with E-state index >= 15 is 0 Å². The standard InChI is InChI=1S/C11H25NO2S/c1-5-7-9-12(10-8-6-2)15(13,14)11(3)4/h11H,5-10H2,1-4H3. The summed E-state index contributed by atoms with van der Waals surface area (Å²) in [6.07, 6.45) is 3.98. The van der Waals surface area contributed by atoms with Crippen molar-refractivity contribution in [3.63, 3.8) is 0 Å². The van der Waals surface area contributed by atoms with Crippen LogP contribution in [0.1, 0.15) is 53.4 Å². The smallest absolute Gasteiger partial charge is 0.212 e. The molecule has 0 aliphatic rings. The minimum absolute atomic E-state index is 0.300. The van der Waals surface area contributed by atoms with Crippen molar-refractivity contribution in [2.45, 2.75) is 58.6 Å². The average Bonchev–Trinajstić information content (AvgIpc) is 2.17. The van der Waals surface area contributed by atoms with E-state index in [-0.39, 0.29) is 5.25 Å². The van der Waals surface area contributed by atoms with Crippen LogP contribution in [0.4, 0.5) is 0 Å². The van der Waals surface area contributed by atoms with Gasteiger partial charge in [0, 0.05) is 13.1 Å². The third kappa shape index (κ3) is 4.98. The van der Waals surface area contributed by atoms with Crippen LogP contribution in [-0.4, -0.2) is 31.1 Å². The highest BCUT2D eigenvalue weighted by Crippen LogP contribution is 2.11. The molecule has 0 aromatic rings. The molecule has 0 radical (unpaired) electrons. The van der Waals surface area contributed by atoms with Crippen molar-refractivity contribution in [3.05, 3.63) is 0 Å². The molecule has 0 saturated carbocycles. The van der Waals surface area contributed by atoms with Crippen molar-refractivity contribution in [3.8, 4) is 0 Å². The van der Waals surface area contributed by atoms with Crippen LogP contribution in [0.3, 0.4) is 0 Å². The zero-order valence-electron chi connectivity index (χ0n) is 10.5. The summed E-state index contributed by atoms with van der Waals surface area (Å²) in [7, 11) is -3.05. The van der Waals surface area contributed by atoms with Gasteiger partial charge in [-0.3, -0.25) is 0 Å².